The van der Waals surface area contributed by atoms with Crippen molar-refractivity contribution in [3.05, 3.63) is 34.4 Å². The minimum atomic E-state index is -4.35. The Morgan fingerprint density at radius 2 is 1.94 bits per heavy atom. The summed E-state index contributed by atoms with van der Waals surface area (Å²) in [6.07, 6.45) is -4.35. The number of H-pyrrole nitrogens is 1. The fourth-order valence-corrected chi connectivity index (χ4v) is 1.64. The van der Waals surface area contributed by atoms with E-state index >= 15 is 0 Å². The zero-order chi connectivity index (χ0) is 11.8. The lowest BCUT2D eigenvalue weighted by Gasteiger charge is -2.07. The highest BCUT2D eigenvalue weighted by molar-refractivity contribution is 9.10. The van der Waals surface area contributed by atoms with Crippen molar-refractivity contribution >= 4 is 15.9 Å². The van der Waals surface area contributed by atoms with E-state index in [9.17, 15) is 13.2 Å². The number of aromatic amines is 1. The quantitative estimate of drug-likeness (QED) is 0.876. The molecule has 0 fully saturated rings. The van der Waals surface area contributed by atoms with E-state index in [1.165, 1.54) is 12.1 Å². The molecule has 3 nitrogen and oxygen atoms in total. The van der Waals surface area contributed by atoms with Crippen molar-refractivity contribution in [1.82, 2.24) is 15.4 Å². The Morgan fingerprint density at radius 3 is 2.50 bits per heavy atom. The molecule has 1 aromatic heterocycles. The van der Waals surface area contributed by atoms with E-state index in [1.807, 2.05) is 0 Å². The molecule has 84 valence electrons. The number of nitrogens with one attached hydrogen (secondary N) is 1. The molecule has 0 aliphatic heterocycles. The van der Waals surface area contributed by atoms with Crippen LogP contribution in [0.4, 0.5) is 13.2 Å². The molecule has 1 aromatic carbocycles. The standard InChI is InChI=1S/C9H5BrF3N3/c10-8-7(14-16-15-8)5-2-1-3-6(4-5)9(11,12)13/h1-4H,(H,14,15,16). The first-order chi connectivity index (χ1) is 7.48. The summed E-state index contributed by atoms with van der Waals surface area (Å²) in [7, 11) is 0. The van der Waals surface area contributed by atoms with Crippen LogP contribution in [0, 0.1) is 0 Å². The van der Waals surface area contributed by atoms with E-state index in [0.29, 0.717) is 15.9 Å². The van der Waals surface area contributed by atoms with Gasteiger partial charge in [-0.1, -0.05) is 12.1 Å². The minimum Gasteiger partial charge on any atom is -0.196 e. The Balaban J connectivity index is 2.49. The normalized spacial score (nSPS) is 11.8. The summed E-state index contributed by atoms with van der Waals surface area (Å²) >= 11 is 3.09. The molecule has 2 rings (SSSR count). The average molecular weight is 292 g/mol. The molecule has 0 amide bonds. The van der Waals surface area contributed by atoms with Gasteiger partial charge in [0.1, 0.15) is 5.69 Å². The van der Waals surface area contributed by atoms with Crippen molar-refractivity contribution in [1.29, 1.82) is 0 Å². The lowest BCUT2D eigenvalue weighted by atomic mass is 10.1. The van der Waals surface area contributed by atoms with Gasteiger partial charge in [0.2, 0.25) is 0 Å². The van der Waals surface area contributed by atoms with Crippen LogP contribution in [0.1, 0.15) is 5.56 Å². The number of alkyl halides is 3. The van der Waals surface area contributed by atoms with Crippen LogP contribution >= 0.6 is 15.9 Å². The Morgan fingerprint density at radius 1 is 1.19 bits per heavy atom. The van der Waals surface area contributed by atoms with E-state index in [0.717, 1.165) is 12.1 Å². The highest BCUT2D eigenvalue weighted by atomic mass is 79.9. The Labute approximate surface area is 96.8 Å². The molecule has 0 spiro atoms. The van der Waals surface area contributed by atoms with Crippen molar-refractivity contribution < 1.29 is 13.2 Å². The molecule has 0 radical (unpaired) electrons. The van der Waals surface area contributed by atoms with Crippen LogP contribution in [0.2, 0.25) is 0 Å². The van der Waals surface area contributed by atoms with Gasteiger partial charge in [0.25, 0.3) is 0 Å². The maximum atomic E-state index is 12.5. The number of halogens is 4. The molecule has 7 heteroatoms. The van der Waals surface area contributed by atoms with Crippen LogP contribution in [-0.2, 0) is 6.18 Å². The van der Waals surface area contributed by atoms with Crippen LogP contribution in [0.3, 0.4) is 0 Å². The molecule has 0 saturated carbocycles. The van der Waals surface area contributed by atoms with E-state index in [4.69, 9.17) is 0 Å². The zero-order valence-electron chi connectivity index (χ0n) is 7.72. The fourth-order valence-electron chi connectivity index (χ4n) is 1.24. The third kappa shape index (κ3) is 2.08. The number of hydrogen-bond donors (Lipinski definition) is 1. The number of nitrogens with zero attached hydrogens (tertiary/aromatic N) is 2. The van der Waals surface area contributed by atoms with Gasteiger partial charge in [0, 0.05) is 5.56 Å². The smallest absolute Gasteiger partial charge is 0.196 e. The summed E-state index contributed by atoms with van der Waals surface area (Å²) in [5, 5.41) is 9.77. The molecule has 0 unspecified atom stereocenters. The second-order valence-corrected chi connectivity index (χ2v) is 3.79. The molecule has 0 aliphatic rings. The van der Waals surface area contributed by atoms with Gasteiger partial charge < -0.3 is 0 Å². The second-order valence-electron chi connectivity index (χ2n) is 3.04. The summed E-state index contributed by atoms with van der Waals surface area (Å²) in [6, 6.07) is 4.91. The van der Waals surface area contributed by atoms with Gasteiger partial charge in [0.15, 0.2) is 4.60 Å². The molecular weight excluding hydrogens is 287 g/mol. The van der Waals surface area contributed by atoms with Crippen molar-refractivity contribution in [2.75, 3.05) is 0 Å². The van der Waals surface area contributed by atoms with Crippen LogP contribution in [-0.4, -0.2) is 15.4 Å². The summed E-state index contributed by atoms with van der Waals surface area (Å²) < 4.78 is 37.7. The molecule has 1 heterocycles. The lowest BCUT2D eigenvalue weighted by molar-refractivity contribution is -0.137. The van der Waals surface area contributed by atoms with Crippen molar-refractivity contribution in [2.24, 2.45) is 0 Å². The van der Waals surface area contributed by atoms with E-state index < -0.39 is 11.7 Å². The van der Waals surface area contributed by atoms with Gasteiger partial charge in [-0.05, 0) is 28.1 Å². The summed E-state index contributed by atoms with van der Waals surface area (Å²) in [4.78, 5) is 0. The second kappa shape index (κ2) is 3.89. The molecule has 0 atom stereocenters. The third-order valence-electron chi connectivity index (χ3n) is 1.97. The number of hydrogen-bond acceptors (Lipinski definition) is 2. The Bertz CT molecular complexity index is 507. The van der Waals surface area contributed by atoms with Gasteiger partial charge in [0.05, 0.1) is 5.56 Å². The number of aromatic nitrogens is 3. The maximum Gasteiger partial charge on any atom is 0.416 e. The predicted octanol–water partition coefficient (Wildman–Crippen LogP) is 3.25. The molecule has 0 aliphatic carbocycles. The zero-order valence-corrected chi connectivity index (χ0v) is 9.30. The van der Waals surface area contributed by atoms with E-state index in [2.05, 4.69) is 31.3 Å². The van der Waals surface area contributed by atoms with Crippen molar-refractivity contribution in [3.63, 3.8) is 0 Å². The highest BCUT2D eigenvalue weighted by Gasteiger charge is 2.30. The summed E-state index contributed by atoms with van der Waals surface area (Å²) in [5.74, 6) is 0. The monoisotopic (exact) mass is 291 g/mol. The van der Waals surface area contributed by atoms with Crippen LogP contribution in [0.25, 0.3) is 11.3 Å². The van der Waals surface area contributed by atoms with Crippen molar-refractivity contribution in [3.8, 4) is 11.3 Å². The minimum absolute atomic E-state index is 0.353. The molecular formula is C9H5BrF3N3. The van der Waals surface area contributed by atoms with Gasteiger partial charge in [-0.25, -0.2) is 0 Å². The Hall–Kier alpha value is -1.37. The average Bonchev–Trinajstić information content (AvgIpc) is 2.63. The first-order valence-corrected chi connectivity index (χ1v) is 5.01. The number of benzene rings is 1. The predicted molar refractivity (Wildman–Crippen MR) is 54.5 cm³/mol. The topological polar surface area (TPSA) is 41.6 Å². The van der Waals surface area contributed by atoms with Gasteiger partial charge in [-0.15, -0.1) is 5.10 Å². The third-order valence-corrected chi connectivity index (χ3v) is 2.52. The lowest BCUT2D eigenvalue weighted by Crippen LogP contribution is -2.04. The first kappa shape index (κ1) is 11.1. The molecule has 0 saturated heterocycles. The van der Waals surface area contributed by atoms with Crippen molar-refractivity contribution in [2.45, 2.75) is 6.18 Å². The van der Waals surface area contributed by atoms with Crippen LogP contribution in [0.5, 0.6) is 0 Å². The van der Waals surface area contributed by atoms with E-state index in [-0.39, 0.29) is 0 Å². The van der Waals surface area contributed by atoms with Gasteiger partial charge >= 0.3 is 6.18 Å². The van der Waals surface area contributed by atoms with Crippen LogP contribution < -0.4 is 0 Å². The Kier molecular flexibility index (Phi) is 2.71. The van der Waals surface area contributed by atoms with Crippen LogP contribution in [0.15, 0.2) is 28.9 Å². The molecule has 1 N–H and O–H groups in total. The molecule has 0 bridgehead atoms. The molecule has 2 aromatic rings. The first-order valence-electron chi connectivity index (χ1n) is 4.22. The summed E-state index contributed by atoms with van der Waals surface area (Å²) in [6.45, 7) is 0. The van der Waals surface area contributed by atoms with E-state index in [1.54, 1.807) is 0 Å². The van der Waals surface area contributed by atoms with Gasteiger partial charge in [-0.2, -0.15) is 23.5 Å². The summed E-state index contributed by atoms with van der Waals surface area (Å²) in [5.41, 5.74) is 0.00134. The van der Waals surface area contributed by atoms with Gasteiger partial charge in [-0.3, -0.25) is 0 Å². The molecule has 16 heavy (non-hydrogen) atoms. The SMILES string of the molecule is FC(F)(F)c1cccc(-c2n[nH]nc2Br)c1. The fraction of sp³-hybridized carbons (Fsp3) is 0.111. The highest BCUT2D eigenvalue weighted by Crippen LogP contribution is 2.32. The maximum absolute atomic E-state index is 12.5. The largest absolute Gasteiger partial charge is 0.416 e. The number of rotatable bonds is 1.